The molecule has 0 aromatic carbocycles. The summed E-state index contributed by atoms with van der Waals surface area (Å²) in [6, 6.07) is 0. The molecular formula is C12H27N2O2+. The van der Waals surface area contributed by atoms with E-state index in [0.29, 0.717) is 13.0 Å². The van der Waals surface area contributed by atoms with E-state index in [-0.39, 0.29) is 11.9 Å². The first kappa shape index (κ1) is 15.4. The predicted molar refractivity (Wildman–Crippen MR) is 67.6 cm³/mol. The monoisotopic (exact) mass is 231 g/mol. The van der Waals surface area contributed by atoms with E-state index < -0.39 is 0 Å². The van der Waals surface area contributed by atoms with Gasteiger partial charge in [0, 0.05) is 13.0 Å². The molecule has 1 unspecified atom stereocenters. The van der Waals surface area contributed by atoms with Crippen LogP contribution in [0.15, 0.2) is 12.3 Å². The van der Waals surface area contributed by atoms with Gasteiger partial charge in [-0.25, -0.2) is 0 Å². The molecule has 0 aliphatic carbocycles. The smallest absolute Gasteiger partial charge is 0.113 e. The molecule has 1 N–H and O–H groups in total. The Morgan fingerprint density at radius 2 is 1.94 bits per heavy atom. The number of quaternary nitrogens is 1. The number of ether oxygens (including phenoxy) is 1. The lowest BCUT2D eigenvalue weighted by atomic mass is 10.2. The Balaban J connectivity index is 4.05. The first-order chi connectivity index (χ1) is 7.20. The minimum Gasteiger partial charge on any atom is -0.513 e. The van der Waals surface area contributed by atoms with E-state index in [9.17, 15) is 5.11 Å². The molecule has 16 heavy (non-hydrogen) atoms. The number of rotatable bonds is 8. The Morgan fingerprint density at radius 1 is 1.38 bits per heavy atom. The maximum Gasteiger partial charge on any atom is 0.113 e. The third kappa shape index (κ3) is 9.96. The van der Waals surface area contributed by atoms with Crippen molar-refractivity contribution in [2.24, 2.45) is 0 Å². The van der Waals surface area contributed by atoms with Crippen molar-refractivity contribution in [3.05, 3.63) is 12.3 Å². The lowest BCUT2D eigenvalue weighted by molar-refractivity contribution is -0.873. The van der Waals surface area contributed by atoms with Gasteiger partial charge in [-0.1, -0.05) is 6.58 Å². The summed E-state index contributed by atoms with van der Waals surface area (Å²) in [5, 5.41) is 9.24. The van der Waals surface area contributed by atoms with Crippen molar-refractivity contribution >= 4 is 0 Å². The molecule has 0 amide bonds. The van der Waals surface area contributed by atoms with Crippen LogP contribution in [0.4, 0.5) is 0 Å². The Bertz CT molecular complexity index is 210. The average Bonchev–Trinajstić information content (AvgIpc) is 1.98. The molecule has 0 saturated carbocycles. The molecule has 0 fully saturated rings. The summed E-state index contributed by atoms with van der Waals surface area (Å²) >= 11 is 0. The number of hydrogen-bond acceptors (Lipinski definition) is 3. The Kier molecular flexibility index (Phi) is 6.64. The van der Waals surface area contributed by atoms with Crippen LogP contribution in [0.25, 0.3) is 0 Å². The fraction of sp³-hybridized carbons (Fsp3) is 0.833. The standard InChI is InChI=1S/C12H26N2O2/c1-11(15)9-12(10-14(4,5)6)16-8-7-13(2)3/h12H,1,7-10H2,2-6H3/p+1. The zero-order valence-corrected chi connectivity index (χ0v) is 11.4. The number of aliphatic hydroxyl groups excluding tert-OH is 1. The molecule has 0 aromatic rings. The average molecular weight is 231 g/mol. The van der Waals surface area contributed by atoms with Gasteiger partial charge in [0.05, 0.1) is 33.5 Å². The van der Waals surface area contributed by atoms with Crippen molar-refractivity contribution in [2.45, 2.75) is 12.5 Å². The minimum absolute atomic E-state index is 0.0393. The van der Waals surface area contributed by atoms with Crippen molar-refractivity contribution in [3.8, 4) is 0 Å². The van der Waals surface area contributed by atoms with Gasteiger partial charge in [0.1, 0.15) is 12.6 Å². The van der Waals surface area contributed by atoms with Gasteiger partial charge in [0.15, 0.2) is 0 Å². The van der Waals surface area contributed by atoms with Gasteiger partial charge in [-0.2, -0.15) is 0 Å². The summed E-state index contributed by atoms with van der Waals surface area (Å²) in [6.07, 6.45) is 0.556. The minimum atomic E-state index is 0.0393. The second-order valence-corrected chi connectivity index (χ2v) is 5.54. The molecule has 4 heteroatoms. The number of likely N-dealkylation sites (N-methyl/N-ethyl adjacent to an activating group) is 2. The zero-order valence-electron chi connectivity index (χ0n) is 11.4. The van der Waals surface area contributed by atoms with Gasteiger partial charge in [-0.3, -0.25) is 0 Å². The molecule has 0 spiro atoms. The molecule has 0 heterocycles. The van der Waals surface area contributed by atoms with E-state index >= 15 is 0 Å². The lowest BCUT2D eigenvalue weighted by Crippen LogP contribution is -2.43. The van der Waals surface area contributed by atoms with Crippen molar-refractivity contribution in [1.29, 1.82) is 0 Å². The van der Waals surface area contributed by atoms with Crippen molar-refractivity contribution in [3.63, 3.8) is 0 Å². The maximum absolute atomic E-state index is 9.24. The fourth-order valence-corrected chi connectivity index (χ4v) is 1.45. The van der Waals surface area contributed by atoms with Crippen LogP contribution >= 0.6 is 0 Å². The maximum atomic E-state index is 9.24. The van der Waals surface area contributed by atoms with Gasteiger partial charge in [-0.15, -0.1) is 0 Å². The molecule has 0 bridgehead atoms. The third-order valence-electron chi connectivity index (χ3n) is 2.11. The summed E-state index contributed by atoms with van der Waals surface area (Å²) in [7, 11) is 10.4. The molecule has 0 saturated heterocycles. The summed E-state index contributed by atoms with van der Waals surface area (Å²) in [5.41, 5.74) is 0. The van der Waals surface area contributed by atoms with Crippen molar-refractivity contribution in [2.75, 3.05) is 54.9 Å². The zero-order chi connectivity index (χ0) is 12.8. The largest absolute Gasteiger partial charge is 0.513 e. The highest BCUT2D eigenvalue weighted by molar-refractivity contribution is 4.83. The van der Waals surface area contributed by atoms with Gasteiger partial charge in [0.25, 0.3) is 0 Å². The van der Waals surface area contributed by atoms with Crippen LogP contribution in [0.5, 0.6) is 0 Å². The molecule has 96 valence electrons. The number of aliphatic hydroxyl groups is 1. The summed E-state index contributed by atoms with van der Waals surface area (Å²) in [5.74, 6) is 0.198. The summed E-state index contributed by atoms with van der Waals surface area (Å²) in [4.78, 5) is 2.08. The van der Waals surface area contributed by atoms with Crippen LogP contribution in [-0.4, -0.2) is 75.5 Å². The quantitative estimate of drug-likeness (QED) is 0.501. The van der Waals surface area contributed by atoms with Crippen molar-refractivity contribution < 1.29 is 14.3 Å². The van der Waals surface area contributed by atoms with Crippen molar-refractivity contribution in [1.82, 2.24) is 4.90 Å². The molecule has 4 nitrogen and oxygen atoms in total. The van der Waals surface area contributed by atoms with E-state index in [1.54, 1.807) is 0 Å². The molecule has 0 radical (unpaired) electrons. The summed E-state index contributed by atoms with van der Waals surface area (Å²) in [6.45, 7) is 5.97. The number of hydrogen-bond donors (Lipinski definition) is 1. The van der Waals surface area contributed by atoms with Gasteiger partial charge in [-0.05, 0) is 14.1 Å². The molecule has 0 aliphatic heterocycles. The van der Waals surface area contributed by atoms with E-state index in [1.165, 1.54) is 0 Å². The highest BCUT2D eigenvalue weighted by Gasteiger charge is 2.19. The predicted octanol–water partition coefficient (Wildman–Crippen LogP) is 1.10. The molecule has 0 rings (SSSR count). The first-order valence-corrected chi connectivity index (χ1v) is 5.64. The van der Waals surface area contributed by atoms with Gasteiger partial charge >= 0.3 is 0 Å². The number of nitrogens with zero attached hydrogens (tertiary/aromatic N) is 2. The van der Waals surface area contributed by atoms with Crippen LogP contribution < -0.4 is 0 Å². The highest BCUT2D eigenvalue weighted by Crippen LogP contribution is 2.08. The van der Waals surface area contributed by atoms with Gasteiger partial charge in [0.2, 0.25) is 0 Å². The topological polar surface area (TPSA) is 32.7 Å². The molecular weight excluding hydrogens is 204 g/mol. The fourth-order valence-electron chi connectivity index (χ4n) is 1.45. The first-order valence-electron chi connectivity index (χ1n) is 5.64. The summed E-state index contributed by atoms with van der Waals surface area (Å²) < 4.78 is 6.58. The Morgan fingerprint density at radius 3 is 2.31 bits per heavy atom. The van der Waals surface area contributed by atoms with E-state index in [1.807, 2.05) is 14.1 Å². The van der Waals surface area contributed by atoms with Crippen LogP contribution in [-0.2, 0) is 4.74 Å². The SMILES string of the molecule is C=C(O)CC(C[N+](C)(C)C)OCCN(C)C. The van der Waals surface area contributed by atoms with Gasteiger partial charge < -0.3 is 19.2 Å². The second kappa shape index (κ2) is 6.89. The third-order valence-corrected chi connectivity index (χ3v) is 2.11. The van der Waals surface area contributed by atoms with Crippen LogP contribution in [0, 0.1) is 0 Å². The highest BCUT2D eigenvalue weighted by atomic mass is 16.5. The van der Waals surface area contributed by atoms with E-state index in [4.69, 9.17) is 4.74 Å². The van der Waals surface area contributed by atoms with E-state index in [2.05, 4.69) is 32.6 Å². The Labute approximate surface area is 99.7 Å². The Hall–Kier alpha value is -0.580. The lowest BCUT2D eigenvalue weighted by Gasteiger charge is -2.29. The van der Waals surface area contributed by atoms with Crippen LogP contribution in [0.3, 0.4) is 0 Å². The van der Waals surface area contributed by atoms with Crippen LogP contribution in [0.1, 0.15) is 6.42 Å². The molecule has 0 aromatic heterocycles. The molecule has 1 atom stereocenters. The van der Waals surface area contributed by atoms with Crippen LogP contribution in [0.2, 0.25) is 0 Å². The normalized spacial score (nSPS) is 14.1. The van der Waals surface area contributed by atoms with E-state index in [0.717, 1.165) is 17.6 Å². The molecule has 0 aliphatic rings. The second-order valence-electron chi connectivity index (χ2n) is 5.54.